The van der Waals surface area contributed by atoms with Crippen LogP contribution in [-0.4, -0.2) is 28.6 Å². The summed E-state index contributed by atoms with van der Waals surface area (Å²) in [7, 11) is 0. The monoisotopic (exact) mass is 195 g/mol. The Kier molecular flexibility index (Phi) is 3.17. The van der Waals surface area contributed by atoms with Gasteiger partial charge in [0.1, 0.15) is 0 Å². The second kappa shape index (κ2) is 4.36. The number of hydrogen-bond donors (Lipinski definition) is 1. The van der Waals surface area contributed by atoms with E-state index in [-0.39, 0.29) is 17.9 Å². The van der Waals surface area contributed by atoms with Crippen LogP contribution in [-0.2, 0) is 4.74 Å². The zero-order chi connectivity index (χ0) is 10.6. The quantitative estimate of drug-likeness (QED) is 0.727. The molecular formula is C9H9NO4. The molecule has 0 fully saturated rings. The number of carboxylic acid groups (broad SMARTS) is 1. The van der Waals surface area contributed by atoms with E-state index in [1.165, 1.54) is 18.3 Å². The molecule has 0 unspecified atom stereocenters. The summed E-state index contributed by atoms with van der Waals surface area (Å²) in [4.78, 5) is 25.6. The van der Waals surface area contributed by atoms with Crippen molar-refractivity contribution in [2.75, 3.05) is 6.61 Å². The van der Waals surface area contributed by atoms with E-state index >= 15 is 0 Å². The Balaban J connectivity index is 3.07. The summed E-state index contributed by atoms with van der Waals surface area (Å²) in [6.07, 6.45) is 1.35. The molecule has 0 atom stereocenters. The molecule has 0 aliphatic rings. The standard InChI is InChI=1S/C9H9NO4/c1-2-14-9(13)7-6(8(11)12)4-3-5-10-7/h3-5H,2H2,1H3,(H,11,12). The molecule has 0 amide bonds. The highest BCUT2D eigenvalue weighted by Crippen LogP contribution is 2.06. The molecule has 0 bridgehead atoms. The van der Waals surface area contributed by atoms with Gasteiger partial charge in [-0.2, -0.15) is 0 Å². The normalized spacial score (nSPS) is 9.50. The molecule has 1 N–H and O–H groups in total. The molecule has 0 radical (unpaired) electrons. The fourth-order valence-electron chi connectivity index (χ4n) is 0.940. The predicted octanol–water partition coefficient (Wildman–Crippen LogP) is 0.957. The number of carbonyl (C=O) groups excluding carboxylic acids is 1. The van der Waals surface area contributed by atoms with Crippen LogP contribution in [0.2, 0.25) is 0 Å². The van der Waals surface area contributed by atoms with Crippen LogP contribution < -0.4 is 0 Å². The summed E-state index contributed by atoms with van der Waals surface area (Å²) in [5.41, 5.74) is -0.312. The van der Waals surface area contributed by atoms with E-state index in [2.05, 4.69) is 9.72 Å². The molecule has 0 aromatic carbocycles. The van der Waals surface area contributed by atoms with Crippen LogP contribution in [0.3, 0.4) is 0 Å². The molecule has 0 spiro atoms. The number of esters is 1. The molecule has 74 valence electrons. The summed E-state index contributed by atoms with van der Waals surface area (Å²) in [5.74, 6) is -1.91. The number of ether oxygens (including phenoxy) is 1. The average Bonchev–Trinajstić information content (AvgIpc) is 2.18. The van der Waals surface area contributed by atoms with Crippen molar-refractivity contribution in [3.63, 3.8) is 0 Å². The van der Waals surface area contributed by atoms with Gasteiger partial charge in [0.25, 0.3) is 0 Å². The van der Waals surface area contributed by atoms with Gasteiger partial charge in [-0.1, -0.05) is 0 Å². The third kappa shape index (κ3) is 2.07. The van der Waals surface area contributed by atoms with Crippen molar-refractivity contribution >= 4 is 11.9 Å². The first-order chi connectivity index (χ1) is 6.66. The Morgan fingerprint density at radius 2 is 2.29 bits per heavy atom. The first-order valence-corrected chi connectivity index (χ1v) is 4.02. The van der Waals surface area contributed by atoms with Crippen molar-refractivity contribution in [3.8, 4) is 0 Å². The van der Waals surface area contributed by atoms with E-state index in [1.807, 2.05) is 0 Å². The first kappa shape index (κ1) is 10.2. The first-order valence-electron chi connectivity index (χ1n) is 4.02. The Hall–Kier alpha value is -1.91. The van der Waals surface area contributed by atoms with E-state index in [1.54, 1.807) is 6.92 Å². The molecule has 0 aliphatic heterocycles. The minimum atomic E-state index is -1.19. The summed E-state index contributed by atoms with van der Waals surface area (Å²) < 4.78 is 4.65. The maximum absolute atomic E-state index is 11.2. The Morgan fingerprint density at radius 3 is 2.86 bits per heavy atom. The maximum Gasteiger partial charge on any atom is 0.357 e. The van der Waals surface area contributed by atoms with Gasteiger partial charge in [0.05, 0.1) is 12.2 Å². The highest BCUT2D eigenvalue weighted by Gasteiger charge is 2.17. The summed E-state index contributed by atoms with van der Waals surface area (Å²) in [5, 5.41) is 8.73. The van der Waals surface area contributed by atoms with Crippen LogP contribution in [0.5, 0.6) is 0 Å². The van der Waals surface area contributed by atoms with Crippen LogP contribution in [0.4, 0.5) is 0 Å². The summed E-state index contributed by atoms with van der Waals surface area (Å²) >= 11 is 0. The lowest BCUT2D eigenvalue weighted by molar-refractivity contribution is 0.0507. The number of pyridine rings is 1. The summed E-state index contributed by atoms with van der Waals surface area (Å²) in [6, 6.07) is 2.76. The fraction of sp³-hybridized carbons (Fsp3) is 0.222. The number of hydrogen-bond acceptors (Lipinski definition) is 4. The predicted molar refractivity (Wildman–Crippen MR) is 47.2 cm³/mol. The minimum absolute atomic E-state index is 0.147. The van der Waals surface area contributed by atoms with E-state index in [0.717, 1.165) is 0 Å². The number of aromatic carboxylic acids is 1. The SMILES string of the molecule is CCOC(=O)c1ncccc1C(=O)O. The zero-order valence-corrected chi connectivity index (χ0v) is 7.56. The van der Waals surface area contributed by atoms with Crippen molar-refractivity contribution in [2.24, 2.45) is 0 Å². The molecule has 0 aliphatic carbocycles. The van der Waals surface area contributed by atoms with Crippen molar-refractivity contribution < 1.29 is 19.4 Å². The van der Waals surface area contributed by atoms with Crippen molar-refractivity contribution in [1.82, 2.24) is 4.98 Å². The van der Waals surface area contributed by atoms with Crippen molar-refractivity contribution in [2.45, 2.75) is 6.92 Å². The van der Waals surface area contributed by atoms with Crippen LogP contribution in [0.25, 0.3) is 0 Å². The van der Waals surface area contributed by atoms with Gasteiger partial charge < -0.3 is 9.84 Å². The lowest BCUT2D eigenvalue weighted by Crippen LogP contribution is -2.13. The van der Waals surface area contributed by atoms with Gasteiger partial charge in [0.2, 0.25) is 0 Å². The highest BCUT2D eigenvalue weighted by atomic mass is 16.5. The van der Waals surface area contributed by atoms with Crippen LogP contribution in [0, 0.1) is 0 Å². The number of carbonyl (C=O) groups is 2. The lowest BCUT2D eigenvalue weighted by Gasteiger charge is -2.03. The summed E-state index contributed by atoms with van der Waals surface area (Å²) in [6.45, 7) is 1.83. The Morgan fingerprint density at radius 1 is 1.57 bits per heavy atom. The molecule has 1 rings (SSSR count). The zero-order valence-electron chi connectivity index (χ0n) is 7.56. The van der Waals surface area contributed by atoms with Gasteiger partial charge in [-0.25, -0.2) is 14.6 Å². The average molecular weight is 195 g/mol. The van der Waals surface area contributed by atoms with Crippen molar-refractivity contribution in [1.29, 1.82) is 0 Å². The topological polar surface area (TPSA) is 76.5 Å². The van der Waals surface area contributed by atoms with Gasteiger partial charge in [0.15, 0.2) is 5.69 Å². The molecule has 5 nitrogen and oxygen atoms in total. The van der Waals surface area contributed by atoms with Gasteiger partial charge in [-0.05, 0) is 19.1 Å². The van der Waals surface area contributed by atoms with E-state index in [0.29, 0.717) is 0 Å². The van der Waals surface area contributed by atoms with Gasteiger partial charge in [0, 0.05) is 6.20 Å². The van der Waals surface area contributed by atoms with Crippen molar-refractivity contribution in [3.05, 3.63) is 29.6 Å². The third-order valence-electron chi connectivity index (χ3n) is 1.51. The smallest absolute Gasteiger partial charge is 0.357 e. The molecule has 1 aromatic heterocycles. The fourth-order valence-corrected chi connectivity index (χ4v) is 0.940. The minimum Gasteiger partial charge on any atom is -0.478 e. The van der Waals surface area contributed by atoms with Gasteiger partial charge in [-0.15, -0.1) is 0 Å². The maximum atomic E-state index is 11.2. The Bertz CT molecular complexity index is 362. The van der Waals surface area contributed by atoms with E-state index in [4.69, 9.17) is 5.11 Å². The van der Waals surface area contributed by atoms with E-state index in [9.17, 15) is 9.59 Å². The number of nitrogens with zero attached hydrogens (tertiary/aromatic N) is 1. The molecule has 1 heterocycles. The lowest BCUT2D eigenvalue weighted by atomic mass is 10.2. The van der Waals surface area contributed by atoms with Crippen LogP contribution >= 0.6 is 0 Å². The largest absolute Gasteiger partial charge is 0.478 e. The molecule has 0 saturated carbocycles. The molecular weight excluding hydrogens is 186 g/mol. The van der Waals surface area contributed by atoms with Gasteiger partial charge >= 0.3 is 11.9 Å². The highest BCUT2D eigenvalue weighted by molar-refractivity contribution is 6.00. The molecule has 14 heavy (non-hydrogen) atoms. The second-order valence-corrected chi connectivity index (χ2v) is 2.43. The van der Waals surface area contributed by atoms with Crippen LogP contribution in [0.1, 0.15) is 27.8 Å². The van der Waals surface area contributed by atoms with Crippen LogP contribution in [0.15, 0.2) is 18.3 Å². The molecule has 0 saturated heterocycles. The third-order valence-corrected chi connectivity index (χ3v) is 1.51. The number of aromatic nitrogens is 1. The second-order valence-electron chi connectivity index (χ2n) is 2.43. The molecule has 1 aromatic rings. The molecule has 5 heteroatoms. The van der Waals surface area contributed by atoms with E-state index < -0.39 is 11.9 Å². The Labute approximate surface area is 80.3 Å². The number of rotatable bonds is 3. The van der Waals surface area contributed by atoms with Gasteiger partial charge in [-0.3, -0.25) is 0 Å². The number of carboxylic acids is 1.